The van der Waals surface area contributed by atoms with Crippen LogP contribution in [-0.4, -0.2) is 53.6 Å². The summed E-state index contributed by atoms with van der Waals surface area (Å²) < 4.78 is 5.91. The molecule has 2 aromatic carbocycles. The van der Waals surface area contributed by atoms with E-state index in [-0.39, 0.29) is 6.54 Å². The average molecular weight is 354 g/mol. The van der Waals surface area contributed by atoms with Gasteiger partial charge in [-0.05, 0) is 62.8 Å². The van der Waals surface area contributed by atoms with Crippen LogP contribution in [0.2, 0.25) is 0 Å². The minimum Gasteiger partial charge on any atom is -0.480 e. The highest BCUT2D eigenvalue weighted by molar-refractivity contribution is 5.69. The molecule has 0 unspecified atom stereocenters. The normalized spacial score (nSPS) is 15.9. The molecular formula is C21H26N2O3. The molecule has 0 amide bonds. The summed E-state index contributed by atoms with van der Waals surface area (Å²) in [5, 5.41) is 8.93. The molecule has 1 heterocycles. The van der Waals surface area contributed by atoms with Crippen molar-refractivity contribution < 1.29 is 14.6 Å². The zero-order valence-electron chi connectivity index (χ0n) is 15.2. The van der Waals surface area contributed by atoms with Gasteiger partial charge in [-0.25, -0.2) is 0 Å². The Bertz CT molecular complexity index is 712. The number of carbonyl (C=O) groups is 1. The molecule has 1 aliphatic rings. The number of nitrogens with zero attached hydrogens (tertiary/aromatic N) is 2. The van der Waals surface area contributed by atoms with E-state index in [1.807, 2.05) is 54.4 Å². The minimum absolute atomic E-state index is 0.115. The predicted octanol–water partition coefficient (Wildman–Crippen LogP) is 3.46. The highest BCUT2D eigenvalue weighted by Crippen LogP contribution is 2.23. The molecule has 2 aromatic rings. The Labute approximate surface area is 154 Å². The first-order chi connectivity index (χ1) is 12.6. The van der Waals surface area contributed by atoms with Crippen molar-refractivity contribution in [3.63, 3.8) is 0 Å². The standard InChI is InChI=1S/C21H26N2O3/c1-22(16-21(24)25)18-10-12-23(13-11-18)15-17-6-5-9-20(14-17)26-19-7-3-2-4-8-19/h2-9,14,18H,10-13,15-16H2,1H3,(H,24,25). The quantitative estimate of drug-likeness (QED) is 0.825. The lowest BCUT2D eigenvalue weighted by Gasteiger charge is -2.36. The van der Waals surface area contributed by atoms with Gasteiger partial charge in [-0.15, -0.1) is 0 Å². The number of ether oxygens (including phenoxy) is 1. The van der Waals surface area contributed by atoms with Gasteiger partial charge in [-0.3, -0.25) is 14.6 Å². The van der Waals surface area contributed by atoms with E-state index in [9.17, 15) is 4.79 Å². The molecule has 138 valence electrons. The van der Waals surface area contributed by atoms with Crippen LogP contribution in [0, 0.1) is 0 Å². The summed E-state index contributed by atoms with van der Waals surface area (Å²) in [7, 11) is 1.90. The fourth-order valence-electron chi connectivity index (χ4n) is 3.45. The van der Waals surface area contributed by atoms with Crippen LogP contribution >= 0.6 is 0 Å². The molecule has 5 nitrogen and oxygen atoms in total. The van der Waals surface area contributed by atoms with Gasteiger partial charge in [0.05, 0.1) is 6.54 Å². The first-order valence-corrected chi connectivity index (χ1v) is 9.06. The Morgan fingerprint density at radius 1 is 1.12 bits per heavy atom. The summed E-state index contributed by atoms with van der Waals surface area (Å²) >= 11 is 0. The molecule has 0 saturated carbocycles. The summed E-state index contributed by atoms with van der Waals surface area (Å²) in [6.07, 6.45) is 2.01. The van der Waals surface area contributed by atoms with E-state index in [1.54, 1.807) is 0 Å². The van der Waals surface area contributed by atoms with E-state index in [0.29, 0.717) is 6.04 Å². The molecule has 0 atom stereocenters. The summed E-state index contributed by atoms with van der Waals surface area (Å²) in [5.74, 6) is 0.932. The van der Waals surface area contributed by atoms with Crippen molar-refractivity contribution in [3.8, 4) is 11.5 Å². The Balaban J connectivity index is 1.52. The first-order valence-electron chi connectivity index (χ1n) is 9.06. The predicted molar refractivity (Wildman–Crippen MR) is 102 cm³/mol. The van der Waals surface area contributed by atoms with Gasteiger partial charge < -0.3 is 9.84 Å². The number of likely N-dealkylation sites (N-methyl/N-ethyl adjacent to an activating group) is 1. The molecule has 26 heavy (non-hydrogen) atoms. The summed E-state index contributed by atoms with van der Waals surface area (Å²) in [6, 6.07) is 18.4. The van der Waals surface area contributed by atoms with Crippen LogP contribution in [0.3, 0.4) is 0 Å². The van der Waals surface area contributed by atoms with Crippen LogP contribution in [0.15, 0.2) is 54.6 Å². The third kappa shape index (κ3) is 5.31. The number of para-hydroxylation sites is 1. The van der Waals surface area contributed by atoms with Gasteiger partial charge in [0.2, 0.25) is 0 Å². The van der Waals surface area contributed by atoms with Crippen LogP contribution in [0.5, 0.6) is 11.5 Å². The number of hydrogen-bond donors (Lipinski definition) is 1. The van der Waals surface area contributed by atoms with Crippen molar-refractivity contribution in [2.75, 3.05) is 26.7 Å². The number of benzene rings is 2. The number of aliphatic carboxylic acids is 1. The van der Waals surface area contributed by atoms with Gasteiger partial charge in [0, 0.05) is 12.6 Å². The lowest BCUT2D eigenvalue weighted by Crippen LogP contribution is -2.44. The van der Waals surface area contributed by atoms with E-state index < -0.39 is 5.97 Å². The second-order valence-corrected chi connectivity index (χ2v) is 6.88. The van der Waals surface area contributed by atoms with E-state index in [0.717, 1.165) is 44.0 Å². The monoisotopic (exact) mass is 354 g/mol. The zero-order valence-corrected chi connectivity index (χ0v) is 15.2. The number of rotatable bonds is 7. The van der Waals surface area contributed by atoms with Crippen LogP contribution in [-0.2, 0) is 11.3 Å². The first kappa shape index (κ1) is 18.4. The second-order valence-electron chi connectivity index (χ2n) is 6.88. The van der Waals surface area contributed by atoms with Crippen molar-refractivity contribution in [1.29, 1.82) is 0 Å². The molecule has 1 aliphatic heterocycles. The molecule has 1 N–H and O–H groups in total. The van der Waals surface area contributed by atoms with Crippen molar-refractivity contribution >= 4 is 5.97 Å². The Hall–Kier alpha value is -2.37. The number of carboxylic acids is 1. The van der Waals surface area contributed by atoms with E-state index in [4.69, 9.17) is 9.84 Å². The largest absolute Gasteiger partial charge is 0.480 e. The fourth-order valence-corrected chi connectivity index (χ4v) is 3.45. The van der Waals surface area contributed by atoms with Crippen molar-refractivity contribution in [2.45, 2.75) is 25.4 Å². The number of hydrogen-bond acceptors (Lipinski definition) is 4. The third-order valence-electron chi connectivity index (χ3n) is 4.85. The molecule has 0 aliphatic carbocycles. The van der Waals surface area contributed by atoms with Crippen molar-refractivity contribution in [3.05, 3.63) is 60.2 Å². The average Bonchev–Trinajstić information content (AvgIpc) is 2.63. The Morgan fingerprint density at radius 3 is 2.50 bits per heavy atom. The zero-order chi connectivity index (χ0) is 18.4. The number of carboxylic acid groups (broad SMARTS) is 1. The fraction of sp³-hybridized carbons (Fsp3) is 0.381. The highest BCUT2D eigenvalue weighted by Gasteiger charge is 2.23. The molecular weight excluding hydrogens is 328 g/mol. The van der Waals surface area contributed by atoms with Gasteiger partial charge in [0.25, 0.3) is 0 Å². The van der Waals surface area contributed by atoms with E-state index in [1.165, 1.54) is 5.56 Å². The second kappa shape index (κ2) is 8.83. The van der Waals surface area contributed by atoms with Crippen molar-refractivity contribution in [1.82, 2.24) is 9.80 Å². The molecule has 0 radical (unpaired) electrons. The van der Waals surface area contributed by atoms with E-state index >= 15 is 0 Å². The summed E-state index contributed by atoms with van der Waals surface area (Å²) in [4.78, 5) is 15.2. The van der Waals surface area contributed by atoms with Crippen LogP contribution in [0.25, 0.3) is 0 Å². The number of piperidine rings is 1. The maximum absolute atomic E-state index is 10.9. The SMILES string of the molecule is CN(CC(=O)O)C1CCN(Cc2cccc(Oc3ccccc3)c2)CC1. The molecule has 0 spiro atoms. The van der Waals surface area contributed by atoms with Gasteiger partial charge >= 0.3 is 5.97 Å². The van der Waals surface area contributed by atoms with Gasteiger partial charge in [-0.2, -0.15) is 0 Å². The molecule has 1 fully saturated rings. The van der Waals surface area contributed by atoms with Crippen LogP contribution in [0.4, 0.5) is 0 Å². The van der Waals surface area contributed by atoms with Gasteiger partial charge in [0.1, 0.15) is 11.5 Å². The smallest absolute Gasteiger partial charge is 0.317 e. The van der Waals surface area contributed by atoms with Crippen LogP contribution in [0.1, 0.15) is 18.4 Å². The third-order valence-corrected chi connectivity index (χ3v) is 4.85. The molecule has 0 bridgehead atoms. The number of likely N-dealkylation sites (tertiary alicyclic amines) is 1. The lowest BCUT2D eigenvalue weighted by molar-refractivity contribution is -0.138. The molecule has 0 aromatic heterocycles. The lowest BCUT2D eigenvalue weighted by atomic mass is 10.0. The van der Waals surface area contributed by atoms with Gasteiger partial charge in [0.15, 0.2) is 0 Å². The summed E-state index contributed by atoms with van der Waals surface area (Å²) in [5.41, 5.74) is 1.23. The minimum atomic E-state index is -0.759. The maximum Gasteiger partial charge on any atom is 0.317 e. The molecule has 5 heteroatoms. The van der Waals surface area contributed by atoms with Crippen molar-refractivity contribution in [2.24, 2.45) is 0 Å². The van der Waals surface area contributed by atoms with Crippen LogP contribution < -0.4 is 4.74 Å². The Kier molecular flexibility index (Phi) is 6.26. The highest BCUT2D eigenvalue weighted by atomic mass is 16.5. The maximum atomic E-state index is 10.9. The van der Waals surface area contributed by atoms with E-state index in [2.05, 4.69) is 17.0 Å². The Morgan fingerprint density at radius 2 is 1.81 bits per heavy atom. The van der Waals surface area contributed by atoms with Gasteiger partial charge in [-0.1, -0.05) is 30.3 Å². The topological polar surface area (TPSA) is 53.0 Å². The summed E-state index contributed by atoms with van der Waals surface area (Å²) in [6.45, 7) is 2.97. The molecule has 3 rings (SSSR count). The molecule has 1 saturated heterocycles.